The summed E-state index contributed by atoms with van der Waals surface area (Å²) in [5.41, 5.74) is 4.30. The van der Waals surface area contributed by atoms with Crippen molar-refractivity contribution in [2.24, 2.45) is 5.10 Å². The van der Waals surface area contributed by atoms with Gasteiger partial charge in [-0.1, -0.05) is 29.8 Å². The minimum atomic E-state index is -0.529. The maximum Gasteiger partial charge on any atom is 0.288 e. The normalized spacial score (nSPS) is 10.9. The fraction of sp³-hybridized carbons (Fsp3) is 0.105. The molecule has 3 aromatic rings. The number of hydrogen-bond acceptors (Lipinski definition) is 6. The van der Waals surface area contributed by atoms with Crippen molar-refractivity contribution in [2.45, 2.75) is 6.54 Å². The Labute approximate surface area is 160 Å². The van der Waals surface area contributed by atoms with Gasteiger partial charge in [0, 0.05) is 17.2 Å². The third kappa shape index (κ3) is 4.45. The second-order valence-corrected chi connectivity index (χ2v) is 5.94. The van der Waals surface area contributed by atoms with Crippen LogP contribution >= 0.6 is 11.6 Å². The van der Waals surface area contributed by atoms with E-state index in [9.17, 15) is 10.1 Å². The monoisotopic (exact) mass is 385 g/mol. The number of nitro groups is 1. The fourth-order valence-electron chi connectivity index (χ4n) is 2.47. The zero-order valence-corrected chi connectivity index (χ0v) is 15.1. The summed E-state index contributed by atoms with van der Waals surface area (Å²) in [7, 11) is 1.62. The number of benzene rings is 2. The van der Waals surface area contributed by atoms with Crippen molar-refractivity contribution in [1.82, 2.24) is 5.43 Å². The predicted molar refractivity (Wildman–Crippen MR) is 103 cm³/mol. The molecule has 2 aromatic carbocycles. The smallest absolute Gasteiger partial charge is 0.288 e. The molecule has 1 aromatic heterocycles. The Morgan fingerprint density at radius 3 is 2.85 bits per heavy atom. The van der Waals surface area contributed by atoms with Crippen molar-refractivity contribution in [1.29, 1.82) is 0 Å². The van der Waals surface area contributed by atoms with Crippen LogP contribution < -0.4 is 10.2 Å². The maximum atomic E-state index is 11.0. The number of methoxy groups -OCH3 is 1. The van der Waals surface area contributed by atoms with Gasteiger partial charge in [0.1, 0.15) is 22.3 Å². The molecule has 0 radical (unpaired) electrons. The topological polar surface area (TPSA) is 89.9 Å². The van der Waals surface area contributed by atoms with E-state index in [1.54, 1.807) is 25.3 Å². The van der Waals surface area contributed by atoms with Gasteiger partial charge in [-0.3, -0.25) is 10.1 Å². The molecule has 3 rings (SSSR count). The number of nitrogens with zero attached hydrogens (tertiary/aromatic N) is 2. The van der Waals surface area contributed by atoms with E-state index in [0.29, 0.717) is 23.6 Å². The van der Waals surface area contributed by atoms with Crippen LogP contribution in [-0.4, -0.2) is 18.2 Å². The van der Waals surface area contributed by atoms with E-state index in [2.05, 4.69) is 10.5 Å². The standard InChI is InChI=1S/C19H16ClN3O4/c1-26-18-5-3-2-4-14(18)11-21-22-12-15-7-9-19(27-15)13-6-8-16(20)17(10-13)23(24)25/h2-10,12,21H,11H2,1H3/b22-12+. The van der Waals surface area contributed by atoms with E-state index in [-0.39, 0.29) is 10.7 Å². The molecular formula is C19H16ClN3O4. The third-order valence-electron chi connectivity index (χ3n) is 3.80. The lowest BCUT2D eigenvalue weighted by atomic mass is 10.1. The minimum Gasteiger partial charge on any atom is -0.496 e. The van der Waals surface area contributed by atoms with Crippen molar-refractivity contribution in [3.05, 3.63) is 81.1 Å². The molecule has 0 unspecified atom stereocenters. The summed E-state index contributed by atoms with van der Waals surface area (Å²) in [6, 6.07) is 15.6. The van der Waals surface area contributed by atoms with Crippen LogP contribution in [0.15, 0.2) is 64.1 Å². The lowest BCUT2D eigenvalue weighted by Gasteiger charge is -2.06. The van der Waals surface area contributed by atoms with Gasteiger partial charge in [0.15, 0.2) is 0 Å². The van der Waals surface area contributed by atoms with Crippen LogP contribution in [0.3, 0.4) is 0 Å². The van der Waals surface area contributed by atoms with Gasteiger partial charge in [0.05, 0.1) is 24.8 Å². The largest absolute Gasteiger partial charge is 0.496 e. The van der Waals surface area contributed by atoms with Crippen LogP contribution in [0.1, 0.15) is 11.3 Å². The molecule has 1 N–H and O–H groups in total. The van der Waals surface area contributed by atoms with Gasteiger partial charge in [-0.25, -0.2) is 0 Å². The van der Waals surface area contributed by atoms with Crippen LogP contribution in [0.25, 0.3) is 11.3 Å². The summed E-state index contributed by atoms with van der Waals surface area (Å²) >= 11 is 5.83. The summed E-state index contributed by atoms with van der Waals surface area (Å²) in [4.78, 5) is 10.5. The first-order valence-corrected chi connectivity index (χ1v) is 8.38. The van der Waals surface area contributed by atoms with Crippen molar-refractivity contribution in [2.75, 3.05) is 7.11 Å². The maximum absolute atomic E-state index is 11.0. The molecule has 8 heteroatoms. The second-order valence-electron chi connectivity index (χ2n) is 5.53. The van der Waals surface area contributed by atoms with Gasteiger partial charge in [-0.2, -0.15) is 5.10 Å². The fourth-order valence-corrected chi connectivity index (χ4v) is 2.66. The highest BCUT2D eigenvalue weighted by molar-refractivity contribution is 6.32. The molecule has 0 aliphatic rings. The van der Waals surface area contributed by atoms with E-state index in [0.717, 1.165) is 11.3 Å². The van der Waals surface area contributed by atoms with Crippen LogP contribution in [0, 0.1) is 10.1 Å². The first kappa shape index (κ1) is 18.5. The number of nitro benzene ring substituents is 1. The number of nitrogens with one attached hydrogen (secondary N) is 1. The highest BCUT2D eigenvalue weighted by Crippen LogP contribution is 2.31. The molecule has 0 atom stereocenters. The molecule has 0 bridgehead atoms. The number of rotatable bonds is 7. The van der Waals surface area contributed by atoms with Crippen molar-refractivity contribution >= 4 is 23.5 Å². The highest BCUT2D eigenvalue weighted by Gasteiger charge is 2.15. The molecule has 0 amide bonds. The van der Waals surface area contributed by atoms with Gasteiger partial charge in [0.25, 0.3) is 5.69 Å². The molecule has 0 spiro atoms. The van der Waals surface area contributed by atoms with Crippen molar-refractivity contribution in [3.8, 4) is 17.1 Å². The van der Waals surface area contributed by atoms with Gasteiger partial charge in [0.2, 0.25) is 0 Å². The van der Waals surface area contributed by atoms with Gasteiger partial charge in [-0.15, -0.1) is 0 Å². The number of ether oxygens (including phenoxy) is 1. The summed E-state index contributed by atoms with van der Waals surface area (Å²) in [6.45, 7) is 0.497. The molecule has 0 saturated heterocycles. The van der Waals surface area contributed by atoms with E-state index < -0.39 is 4.92 Å². The van der Waals surface area contributed by atoms with E-state index in [4.69, 9.17) is 20.8 Å². The first-order chi connectivity index (χ1) is 13.1. The van der Waals surface area contributed by atoms with Gasteiger partial charge < -0.3 is 14.6 Å². The molecule has 27 heavy (non-hydrogen) atoms. The lowest BCUT2D eigenvalue weighted by molar-refractivity contribution is -0.384. The Balaban J connectivity index is 1.67. The minimum absolute atomic E-state index is 0.0811. The molecule has 138 valence electrons. The van der Waals surface area contributed by atoms with Crippen molar-refractivity contribution < 1.29 is 14.1 Å². The van der Waals surface area contributed by atoms with E-state index in [1.807, 2.05) is 24.3 Å². The van der Waals surface area contributed by atoms with Crippen LogP contribution in [0.4, 0.5) is 5.69 Å². The molecule has 0 aliphatic heterocycles. The molecular weight excluding hydrogens is 370 g/mol. The highest BCUT2D eigenvalue weighted by atomic mass is 35.5. The Kier molecular flexibility index (Phi) is 5.73. The summed E-state index contributed by atoms with van der Waals surface area (Å²) in [5.74, 6) is 1.78. The zero-order valence-electron chi connectivity index (χ0n) is 14.4. The summed E-state index contributed by atoms with van der Waals surface area (Å²) in [6.07, 6.45) is 1.53. The number of para-hydroxylation sites is 1. The Morgan fingerprint density at radius 1 is 1.26 bits per heavy atom. The lowest BCUT2D eigenvalue weighted by Crippen LogP contribution is -2.06. The molecule has 0 saturated carbocycles. The Morgan fingerprint density at radius 2 is 2.07 bits per heavy atom. The Hall–Kier alpha value is -3.32. The molecule has 0 aliphatic carbocycles. The SMILES string of the molecule is COc1ccccc1CN/N=C/c1ccc(-c2ccc(Cl)c([N+](=O)[O-])c2)o1. The average molecular weight is 386 g/mol. The Bertz CT molecular complexity index is 985. The van der Waals surface area contributed by atoms with Gasteiger partial charge >= 0.3 is 0 Å². The number of furan rings is 1. The van der Waals surface area contributed by atoms with E-state index >= 15 is 0 Å². The van der Waals surface area contributed by atoms with E-state index in [1.165, 1.54) is 18.3 Å². The zero-order chi connectivity index (χ0) is 19.2. The van der Waals surface area contributed by atoms with Crippen molar-refractivity contribution in [3.63, 3.8) is 0 Å². The van der Waals surface area contributed by atoms with Crippen LogP contribution in [0.5, 0.6) is 5.75 Å². The van der Waals surface area contributed by atoms with Gasteiger partial charge in [-0.05, 0) is 30.3 Å². The molecule has 7 nitrogen and oxygen atoms in total. The predicted octanol–water partition coefficient (Wildman–Crippen LogP) is 4.64. The number of halogens is 1. The van der Waals surface area contributed by atoms with Crippen LogP contribution in [0.2, 0.25) is 5.02 Å². The molecule has 1 heterocycles. The second kappa shape index (κ2) is 8.37. The van der Waals surface area contributed by atoms with Crippen LogP contribution in [-0.2, 0) is 6.54 Å². The summed E-state index contributed by atoms with van der Waals surface area (Å²) in [5, 5.41) is 15.2. The average Bonchev–Trinajstić information content (AvgIpc) is 3.14. The number of hydrogen-bond donors (Lipinski definition) is 1. The summed E-state index contributed by atoms with van der Waals surface area (Å²) < 4.78 is 10.9. The quantitative estimate of drug-likeness (QED) is 0.363. The number of hydrazone groups is 1. The third-order valence-corrected chi connectivity index (χ3v) is 4.12. The first-order valence-electron chi connectivity index (χ1n) is 8.00. The molecule has 0 fully saturated rings.